The van der Waals surface area contributed by atoms with Crippen molar-refractivity contribution < 1.29 is 9.32 Å². The molecule has 1 aromatic carbocycles. The molecular formula is C14H16BrN3O2. The van der Waals surface area contributed by atoms with Crippen molar-refractivity contribution in [3.63, 3.8) is 0 Å². The molecule has 1 aromatic heterocycles. The van der Waals surface area contributed by atoms with Crippen molar-refractivity contribution in [1.29, 1.82) is 0 Å². The lowest BCUT2D eigenvalue weighted by Gasteiger charge is -2.02. The number of benzene rings is 1. The summed E-state index contributed by atoms with van der Waals surface area (Å²) in [7, 11) is 0. The maximum atomic E-state index is 11.9. The molecule has 1 heterocycles. The molecule has 0 aliphatic heterocycles. The van der Waals surface area contributed by atoms with E-state index in [2.05, 4.69) is 45.2 Å². The summed E-state index contributed by atoms with van der Waals surface area (Å²) in [4.78, 5) is 16.1. The number of amides is 1. The standard InChI is InChI=1S/C14H16BrN3O2/c1-9(2)7-13-17-12(18-20-13)8-16-14(19)10-3-5-11(15)6-4-10/h3-6,9H,7-8H2,1-2H3,(H,16,19). The lowest BCUT2D eigenvalue weighted by Crippen LogP contribution is -2.23. The Bertz CT molecular complexity index is 578. The van der Waals surface area contributed by atoms with Crippen LogP contribution in [0.25, 0.3) is 0 Å². The largest absolute Gasteiger partial charge is 0.345 e. The molecule has 0 unspecified atom stereocenters. The van der Waals surface area contributed by atoms with Crippen LogP contribution in [0, 0.1) is 5.92 Å². The molecule has 0 aliphatic carbocycles. The molecule has 0 aliphatic rings. The molecule has 0 fully saturated rings. The van der Waals surface area contributed by atoms with Crippen molar-refractivity contribution >= 4 is 21.8 Å². The van der Waals surface area contributed by atoms with Crippen LogP contribution < -0.4 is 5.32 Å². The SMILES string of the molecule is CC(C)Cc1nc(CNC(=O)c2ccc(Br)cc2)no1. The van der Waals surface area contributed by atoms with Crippen LogP contribution in [-0.2, 0) is 13.0 Å². The van der Waals surface area contributed by atoms with E-state index in [1.807, 2.05) is 12.1 Å². The highest BCUT2D eigenvalue weighted by Gasteiger charge is 2.10. The summed E-state index contributed by atoms with van der Waals surface area (Å²) in [5.74, 6) is 1.40. The summed E-state index contributed by atoms with van der Waals surface area (Å²) in [6, 6.07) is 7.15. The molecule has 0 bridgehead atoms. The molecule has 0 saturated carbocycles. The third-order valence-electron chi connectivity index (χ3n) is 2.61. The number of aromatic nitrogens is 2. The van der Waals surface area contributed by atoms with Gasteiger partial charge in [0.25, 0.3) is 5.91 Å². The lowest BCUT2D eigenvalue weighted by atomic mass is 10.1. The summed E-state index contributed by atoms with van der Waals surface area (Å²) in [6.07, 6.45) is 0.744. The Morgan fingerprint density at radius 1 is 1.35 bits per heavy atom. The molecule has 20 heavy (non-hydrogen) atoms. The van der Waals surface area contributed by atoms with Crippen LogP contribution in [0.15, 0.2) is 33.3 Å². The van der Waals surface area contributed by atoms with Crippen LogP contribution in [-0.4, -0.2) is 16.0 Å². The van der Waals surface area contributed by atoms with E-state index in [1.165, 1.54) is 0 Å². The summed E-state index contributed by atoms with van der Waals surface area (Å²) in [6.45, 7) is 4.43. The van der Waals surface area contributed by atoms with Crippen molar-refractivity contribution in [3.05, 3.63) is 46.0 Å². The highest BCUT2D eigenvalue weighted by Crippen LogP contribution is 2.10. The van der Waals surface area contributed by atoms with E-state index in [1.54, 1.807) is 12.1 Å². The summed E-state index contributed by atoms with van der Waals surface area (Å²) in [5.41, 5.74) is 0.596. The van der Waals surface area contributed by atoms with Gasteiger partial charge in [-0.1, -0.05) is 34.9 Å². The Balaban J connectivity index is 1.90. The number of nitrogens with zero attached hydrogens (tertiary/aromatic N) is 2. The fourth-order valence-electron chi connectivity index (χ4n) is 1.66. The number of hydrogen-bond donors (Lipinski definition) is 1. The second kappa shape index (κ2) is 6.65. The third-order valence-corrected chi connectivity index (χ3v) is 3.14. The minimum atomic E-state index is -0.160. The zero-order valence-electron chi connectivity index (χ0n) is 11.4. The Morgan fingerprint density at radius 2 is 2.05 bits per heavy atom. The quantitative estimate of drug-likeness (QED) is 0.910. The molecule has 0 radical (unpaired) electrons. The summed E-state index contributed by atoms with van der Waals surface area (Å²) < 4.78 is 6.05. The molecule has 0 atom stereocenters. The van der Waals surface area contributed by atoms with Crippen molar-refractivity contribution in [1.82, 2.24) is 15.5 Å². The number of halogens is 1. The molecule has 0 saturated heterocycles. The maximum Gasteiger partial charge on any atom is 0.251 e. The average Bonchev–Trinajstić information content (AvgIpc) is 2.83. The molecule has 1 amide bonds. The lowest BCUT2D eigenvalue weighted by molar-refractivity contribution is 0.0949. The number of rotatable bonds is 5. The van der Waals surface area contributed by atoms with Crippen molar-refractivity contribution in [2.45, 2.75) is 26.8 Å². The molecule has 2 rings (SSSR count). The smallest absolute Gasteiger partial charge is 0.251 e. The van der Waals surface area contributed by atoms with Gasteiger partial charge in [-0.3, -0.25) is 4.79 Å². The first kappa shape index (κ1) is 14.7. The number of carbonyl (C=O) groups is 1. The molecule has 0 spiro atoms. The van der Waals surface area contributed by atoms with E-state index in [9.17, 15) is 4.79 Å². The molecule has 106 valence electrons. The zero-order chi connectivity index (χ0) is 14.5. The minimum absolute atomic E-state index is 0.160. The Morgan fingerprint density at radius 3 is 2.70 bits per heavy atom. The first-order valence-electron chi connectivity index (χ1n) is 6.40. The van der Waals surface area contributed by atoms with Gasteiger partial charge in [0.1, 0.15) is 0 Å². The van der Waals surface area contributed by atoms with Crippen LogP contribution in [0.5, 0.6) is 0 Å². The van der Waals surface area contributed by atoms with Crippen LogP contribution in [0.1, 0.15) is 35.9 Å². The summed E-state index contributed by atoms with van der Waals surface area (Å²) in [5, 5.41) is 6.60. The van der Waals surface area contributed by atoms with Crippen LogP contribution in [0.4, 0.5) is 0 Å². The Labute approximate surface area is 125 Å². The fraction of sp³-hybridized carbons (Fsp3) is 0.357. The predicted octanol–water partition coefficient (Wildman–Crippen LogP) is 2.96. The fourth-order valence-corrected chi connectivity index (χ4v) is 1.92. The van der Waals surface area contributed by atoms with Crippen LogP contribution >= 0.6 is 15.9 Å². The van der Waals surface area contributed by atoms with Gasteiger partial charge in [-0.05, 0) is 30.2 Å². The van der Waals surface area contributed by atoms with Gasteiger partial charge < -0.3 is 9.84 Å². The van der Waals surface area contributed by atoms with E-state index in [-0.39, 0.29) is 12.5 Å². The second-order valence-electron chi connectivity index (χ2n) is 4.89. The van der Waals surface area contributed by atoms with Gasteiger partial charge in [0, 0.05) is 16.5 Å². The average molecular weight is 338 g/mol. The normalized spacial score (nSPS) is 10.8. The van der Waals surface area contributed by atoms with Gasteiger partial charge in [0.2, 0.25) is 5.89 Å². The van der Waals surface area contributed by atoms with E-state index in [0.29, 0.717) is 23.2 Å². The van der Waals surface area contributed by atoms with Gasteiger partial charge in [-0.15, -0.1) is 0 Å². The highest BCUT2D eigenvalue weighted by atomic mass is 79.9. The van der Waals surface area contributed by atoms with Gasteiger partial charge in [0.15, 0.2) is 5.82 Å². The Kier molecular flexibility index (Phi) is 4.89. The topological polar surface area (TPSA) is 68.0 Å². The second-order valence-corrected chi connectivity index (χ2v) is 5.81. The van der Waals surface area contributed by atoms with Gasteiger partial charge in [-0.25, -0.2) is 0 Å². The van der Waals surface area contributed by atoms with Gasteiger partial charge in [-0.2, -0.15) is 4.98 Å². The molecule has 2 aromatic rings. The van der Waals surface area contributed by atoms with E-state index < -0.39 is 0 Å². The maximum absolute atomic E-state index is 11.9. The van der Waals surface area contributed by atoms with Crippen LogP contribution in [0.3, 0.4) is 0 Å². The molecule has 5 nitrogen and oxygen atoms in total. The van der Waals surface area contributed by atoms with Crippen molar-refractivity contribution in [2.24, 2.45) is 5.92 Å². The van der Waals surface area contributed by atoms with Crippen LogP contribution in [0.2, 0.25) is 0 Å². The van der Waals surface area contributed by atoms with E-state index in [0.717, 1.165) is 10.9 Å². The first-order chi connectivity index (χ1) is 9.54. The number of hydrogen-bond acceptors (Lipinski definition) is 4. The van der Waals surface area contributed by atoms with Gasteiger partial charge in [0.05, 0.1) is 6.54 Å². The molecule has 1 N–H and O–H groups in total. The first-order valence-corrected chi connectivity index (χ1v) is 7.19. The number of carbonyl (C=O) groups excluding carboxylic acids is 1. The summed E-state index contributed by atoms with van der Waals surface area (Å²) >= 11 is 3.33. The zero-order valence-corrected chi connectivity index (χ0v) is 13.0. The number of nitrogens with one attached hydrogen (secondary N) is 1. The predicted molar refractivity (Wildman–Crippen MR) is 78.2 cm³/mol. The van der Waals surface area contributed by atoms with Crippen molar-refractivity contribution in [3.8, 4) is 0 Å². The van der Waals surface area contributed by atoms with Gasteiger partial charge >= 0.3 is 0 Å². The third kappa shape index (κ3) is 4.16. The Hall–Kier alpha value is -1.69. The highest BCUT2D eigenvalue weighted by molar-refractivity contribution is 9.10. The minimum Gasteiger partial charge on any atom is -0.345 e. The van der Waals surface area contributed by atoms with E-state index >= 15 is 0 Å². The monoisotopic (exact) mass is 337 g/mol. The molecular weight excluding hydrogens is 322 g/mol. The van der Waals surface area contributed by atoms with E-state index in [4.69, 9.17) is 4.52 Å². The molecule has 6 heteroatoms. The van der Waals surface area contributed by atoms with Crippen molar-refractivity contribution in [2.75, 3.05) is 0 Å².